The molecule has 0 radical (unpaired) electrons. The van der Waals surface area contributed by atoms with E-state index in [1.165, 1.54) is 24.3 Å². The zero-order valence-corrected chi connectivity index (χ0v) is 11.4. The maximum absolute atomic E-state index is 12.2. The molecule has 7 heteroatoms. The molecular formula is C12H16N2O4S. The van der Waals surface area contributed by atoms with Crippen LogP contribution in [-0.2, 0) is 9.84 Å². The van der Waals surface area contributed by atoms with Gasteiger partial charge in [-0.3, -0.25) is 10.1 Å². The molecule has 0 spiro atoms. The van der Waals surface area contributed by atoms with Crippen molar-refractivity contribution in [2.75, 3.05) is 12.8 Å². The number of nitro groups is 1. The van der Waals surface area contributed by atoms with Gasteiger partial charge in [0.05, 0.1) is 15.6 Å². The lowest BCUT2D eigenvalue weighted by Gasteiger charge is -2.15. The van der Waals surface area contributed by atoms with E-state index in [0.717, 1.165) is 12.8 Å². The van der Waals surface area contributed by atoms with Crippen LogP contribution in [0, 0.1) is 16.0 Å². The first kappa shape index (κ1) is 14.0. The van der Waals surface area contributed by atoms with Gasteiger partial charge < -0.3 is 5.32 Å². The Morgan fingerprint density at radius 3 is 2.37 bits per heavy atom. The molecule has 2 rings (SSSR count). The van der Waals surface area contributed by atoms with E-state index in [-0.39, 0.29) is 22.4 Å². The summed E-state index contributed by atoms with van der Waals surface area (Å²) in [6.45, 7) is 0. The smallest absolute Gasteiger partial charge is 0.269 e. The van der Waals surface area contributed by atoms with Gasteiger partial charge in [0.25, 0.3) is 5.69 Å². The number of hydrogen-bond acceptors (Lipinski definition) is 5. The van der Waals surface area contributed by atoms with Crippen LogP contribution < -0.4 is 5.32 Å². The second-order valence-electron chi connectivity index (χ2n) is 4.77. The molecule has 1 aliphatic rings. The molecule has 1 fully saturated rings. The molecule has 1 aliphatic carbocycles. The van der Waals surface area contributed by atoms with E-state index in [1.54, 1.807) is 7.05 Å². The van der Waals surface area contributed by atoms with Crippen molar-refractivity contribution < 1.29 is 13.3 Å². The number of nitro benzene ring substituents is 1. The Balaban J connectivity index is 2.16. The van der Waals surface area contributed by atoms with Gasteiger partial charge in [-0.2, -0.15) is 0 Å². The minimum atomic E-state index is -3.40. The van der Waals surface area contributed by atoms with Gasteiger partial charge in [-0.25, -0.2) is 8.42 Å². The molecule has 0 aromatic heterocycles. The minimum Gasteiger partial charge on any atom is -0.316 e. The average Bonchev–Trinajstić information content (AvgIpc) is 3.20. The highest BCUT2D eigenvalue weighted by atomic mass is 32.2. The van der Waals surface area contributed by atoms with E-state index >= 15 is 0 Å². The van der Waals surface area contributed by atoms with Crippen molar-refractivity contribution >= 4 is 15.5 Å². The fourth-order valence-corrected chi connectivity index (χ4v) is 3.72. The summed E-state index contributed by atoms with van der Waals surface area (Å²) >= 11 is 0. The van der Waals surface area contributed by atoms with Crippen LogP contribution in [0.25, 0.3) is 0 Å². The van der Waals surface area contributed by atoms with Crippen LogP contribution in [0.1, 0.15) is 12.8 Å². The third kappa shape index (κ3) is 3.30. The van der Waals surface area contributed by atoms with Gasteiger partial charge in [-0.05, 0) is 37.9 Å². The molecule has 19 heavy (non-hydrogen) atoms. The molecule has 1 aromatic rings. The number of sulfone groups is 1. The van der Waals surface area contributed by atoms with E-state index in [0.29, 0.717) is 5.92 Å². The number of non-ortho nitro benzene ring substituents is 1. The highest BCUT2D eigenvalue weighted by molar-refractivity contribution is 7.91. The van der Waals surface area contributed by atoms with Crippen LogP contribution >= 0.6 is 0 Å². The maximum atomic E-state index is 12.2. The van der Waals surface area contributed by atoms with Crippen molar-refractivity contribution in [2.45, 2.75) is 23.8 Å². The first-order chi connectivity index (χ1) is 8.94. The van der Waals surface area contributed by atoms with Crippen LogP contribution in [-0.4, -0.2) is 32.2 Å². The third-order valence-corrected chi connectivity index (χ3v) is 5.16. The number of rotatable bonds is 6. The molecule has 1 unspecified atom stereocenters. The third-order valence-electron chi connectivity index (χ3n) is 3.37. The molecule has 0 amide bonds. The zero-order chi connectivity index (χ0) is 14.0. The fraction of sp³-hybridized carbons (Fsp3) is 0.500. The Morgan fingerprint density at radius 1 is 1.37 bits per heavy atom. The van der Waals surface area contributed by atoms with E-state index in [2.05, 4.69) is 5.32 Å². The molecule has 1 aromatic carbocycles. The standard InChI is InChI=1S/C12H16N2O4S/c1-13-12(9-2-3-9)8-19(17,18)11-6-4-10(5-7-11)14(15)16/h4-7,9,12-13H,2-3,8H2,1H3. The van der Waals surface area contributed by atoms with Crippen molar-refractivity contribution in [3.63, 3.8) is 0 Å². The van der Waals surface area contributed by atoms with Gasteiger partial charge >= 0.3 is 0 Å². The van der Waals surface area contributed by atoms with Gasteiger partial charge in [0.2, 0.25) is 0 Å². The zero-order valence-electron chi connectivity index (χ0n) is 10.6. The SMILES string of the molecule is CNC(CS(=O)(=O)c1ccc([N+](=O)[O-])cc1)C1CC1. The van der Waals surface area contributed by atoms with Crippen molar-refractivity contribution in [1.29, 1.82) is 0 Å². The molecule has 0 aliphatic heterocycles. The Morgan fingerprint density at radius 2 is 1.95 bits per heavy atom. The van der Waals surface area contributed by atoms with Crippen molar-refractivity contribution in [3.8, 4) is 0 Å². The Kier molecular flexibility index (Phi) is 3.86. The molecule has 0 bridgehead atoms. The van der Waals surface area contributed by atoms with Gasteiger partial charge in [-0.1, -0.05) is 0 Å². The largest absolute Gasteiger partial charge is 0.316 e. The first-order valence-corrected chi connectivity index (χ1v) is 7.74. The summed E-state index contributed by atoms with van der Waals surface area (Å²) < 4.78 is 24.4. The summed E-state index contributed by atoms with van der Waals surface area (Å²) in [6.07, 6.45) is 2.11. The van der Waals surface area contributed by atoms with E-state index < -0.39 is 14.8 Å². The molecule has 0 heterocycles. The second-order valence-corrected chi connectivity index (χ2v) is 6.80. The highest BCUT2D eigenvalue weighted by Gasteiger charge is 2.33. The highest BCUT2D eigenvalue weighted by Crippen LogP contribution is 2.33. The predicted octanol–water partition coefficient (Wildman–Crippen LogP) is 1.37. The lowest BCUT2D eigenvalue weighted by Crippen LogP contribution is -2.34. The number of nitrogens with one attached hydrogen (secondary N) is 1. The van der Waals surface area contributed by atoms with Crippen LogP contribution in [0.4, 0.5) is 5.69 Å². The molecule has 1 saturated carbocycles. The number of benzene rings is 1. The van der Waals surface area contributed by atoms with E-state index in [4.69, 9.17) is 0 Å². The summed E-state index contributed by atoms with van der Waals surface area (Å²) in [5.74, 6) is 0.462. The second kappa shape index (κ2) is 5.26. The minimum absolute atomic E-state index is 0.0337. The summed E-state index contributed by atoms with van der Waals surface area (Å²) in [5, 5.41) is 13.6. The summed E-state index contributed by atoms with van der Waals surface area (Å²) in [4.78, 5) is 10.1. The lowest BCUT2D eigenvalue weighted by molar-refractivity contribution is -0.384. The van der Waals surface area contributed by atoms with Gasteiger partial charge in [0.15, 0.2) is 9.84 Å². The van der Waals surface area contributed by atoms with Gasteiger partial charge in [-0.15, -0.1) is 0 Å². The Hall–Kier alpha value is -1.47. The molecule has 6 nitrogen and oxygen atoms in total. The van der Waals surface area contributed by atoms with E-state index in [9.17, 15) is 18.5 Å². The monoisotopic (exact) mass is 284 g/mol. The molecule has 0 saturated heterocycles. The molecule has 104 valence electrons. The Labute approximate surface area is 111 Å². The lowest BCUT2D eigenvalue weighted by atomic mass is 10.2. The quantitative estimate of drug-likeness (QED) is 0.629. The number of nitrogens with zero attached hydrogens (tertiary/aromatic N) is 1. The maximum Gasteiger partial charge on any atom is 0.269 e. The van der Waals surface area contributed by atoms with Crippen LogP contribution in [0.5, 0.6) is 0 Å². The molecular weight excluding hydrogens is 268 g/mol. The van der Waals surface area contributed by atoms with Gasteiger partial charge in [0, 0.05) is 18.2 Å². The Bertz CT molecular complexity index is 564. The summed E-state index contributed by atoms with van der Waals surface area (Å²) in [6, 6.07) is 5.00. The van der Waals surface area contributed by atoms with Crippen molar-refractivity contribution in [1.82, 2.24) is 5.32 Å². The van der Waals surface area contributed by atoms with Gasteiger partial charge in [0.1, 0.15) is 0 Å². The summed E-state index contributed by atoms with van der Waals surface area (Å²) in [7, 11) is -1.65. The fourth-order valence-electron chi connectivity index (χ4n) is 2.06. The van der Waals surface area contributed by atoms with Crippen LogP contribution in [0.3, 0.4) is 0 Å². The van der Waals surface area contributed by atoms with Crippen LogP contribution in [0.15, 0.2) is 29.2 Å². The van der Waals surface area contributed by atoms with Crippen molar-refractivity contribution in [2.24, 2.45) is 5.92 Å². The first-order valence-electron chi connectivity index (χ1n) is 6.08. The topological polar surface area (TPSA) is 89.3 Å². The average molecular weight is 284 g/mol. The normalized spacial score (nSPS) is 17.1. The van der Waals surface area contributed by atoms with Crippen LogP contribution in [0.2, 0.25) is 0 Å². The molecule has 1 atom stereocenters. The predicted molar refractivity (Wildman–Crippen MR) is 70.7 cm³/mol. The molecule has 1 N–H and O–H groups in total. The van der Waals surface area contributed by atoms with E-state index in [1.807, 2.05) is 0 Å². The number of hydrogen-bond donors (Lipinski definition) is 1. The summed E-state index contributed by atoms with van der Waals surface area (Å²) in [5.41, 5.74) is -0.105. The van der Waals surface area contributed by atoms with Crippen molar-refractivity contribution in [3.05, 3.63) is 34.4 Å².